The Balaban J connectivity index is 2.80. The van der Waals surface area contributed by atoms with Gasteiger partial charge in [-0.3, -0.25) is 9.48 Å². The number of hydrogen-bond donors (Lipinski definition) is 3. The molecule has 110 valence electrons. The lowest BCUT2D eigenvalue weighted by Gasteiger charge is -2.15. The third kappa shape index (κ3) is 3.82. The van der Waals surface area contributed by atoms with Crippen LogP contribution in [0.25, 0.3) is 6.08 Å². The summed E-state index contributed by atoms with van der Waals surface area (Å²) in [6, 6.07) is -1.36. The van der Waals surface area contributed by atoms with E-state index in [1.807, 2.05) is 0 Å². The number of hydrogen-bond acceptors (Lipinski definition) is 4. The van der Waals surface area contributed by atoms with Gasteiger partial charge >= 0.3 is 5.97 Å². The highest BCUT2D eigenvalue weighted by Crippen LogP contribution is 2.19. The van der Waals surface area contributed by atoms with Crippen LogP contribution in [0.1, 0.15) is 18.2 Å². The van der Waals surface area contributed by atoms with Gasteiger partial charge in [0, 0.05) is 18.7 Å². The van der Waals surface area contributed by atoms with Gasteiger partial charge < -0.3 is 15.5 Å². The number of aliphatic carboxylic acids is 1. The zero-order chi connectivity index (χ0) is 15.4. The van der Waals surface area contributed by atoms with E-state index >= 15 is 0 Å². The van der Waals surface area contributed by atoms with E-state index in [1.165, 1.54) is 17.7 Å². The maximum Gasteiger partial charge on any atom is 0.328 e. The zero-order valence-corrected chi connectivity index (χ0v) is 12.0. The summed E-state index contributed by atoms with van der Waals surface area (Å²) in [5, 5.41) is 24.7. The van der Waals surface area contributed by atoms with Gasteiger partial charge in [0.2, 0.25) is 5.91 Å². The molecule has 20 heavy (non-hydrogen) atoms. The van der Waals surface area contributed by atoms with Gasteiger partial charge in [-0.1, -0.05) is 11.6 Å². The number of nitrogens with zero attached hydrogens (tertiary/aromatic N) is 2. The van der Waals surface area contributed by atoms with E-state index in [0.717, 1.165) is 6.08 Å². The standard InChI is InChI=1S/C12H16ClN3O4/c1-6-8(11(13)16(3)15-6)4-5-9(18)14-10(7(2)17)12(19)20/h4-5,7,10,17H,1-3H3,(H,14,18)(H,19,20)/b5-4+/t7-,10+/m1/s1. The number of aryl methyl sites for hydroxylation is 2. The molecule has 0 aliphatic carbocycles. The molecule has 0 bridgehead atoms. The fraction of sp³-hybridized carbons (Fsp3) is 0.417. The van der Waals surface area contributed by atoms with Crippen molar-refractivity contribution in [2.75, 3.05) is 0 Å². The summed E-state index contributed by atoms with van der Waals surface area (Å²) < 4.78 is 1.46. The minimum atomic E-state index is -1.36. The summed E-state index contributed by atoms with van der Waals surface area (Å²) in [7, 11) is 1.67. The van der Waals surface area contributed by atoms with E-state index in [9.17, 15) is 14.7 Å². The van der Waals surface area contributed by atoms with Crippen LogP contribution in [-0.4, -0.2) is 44.0 Å². The Hall–Kier alpha value is -1.86. The van der Waals surface area contributed by atoms with Crippen molar-refractivity contribution < 1.29 is 19.8 Å². The van der Waals surface area contributed by atoms with Crippen molar-refractivity contribution in [1.82, 2.24) is 15.1 Å². The normalized spacial score (nSPS) is 14.2. The monoisotopic (exact) mass is 301 g/mol. The first-order valence-electron chi connectivity index (χ1n) is 5.82. The molecule has 0 unspecified atom stereocenters. The highest BCUT2D eigenvalue weighted by molar-refractivity contribution is 6.31. The van der Waals surface area contributed by atoms with Crippen molar-refractivity contribution in [2.24, 2.45) is 7.05 Å². The maximum atomic E-state index is 11.6. The Morgan fingerprint density at radius 2 is 2.10 bits per heavy atom. The first-order chi connectivity index (χ1) is 9.23. The van der Waals surface area contributed by atoms with Crippen LogP contribution >= 0.6 is 11.6 Å². The fourth-order valence-electron chi connectivity index (χ4n) is 1.58. The molecule has 2 atom stereocenters. The van der Waals surface area contributed by atoms with Crippen molar-refractivity contribution in [3.05, 3.63) is 22.5 Å². The number of rotatable bonds is 5. The molecule has 3 N–H and O–H groups in total. The van der Waals surface area contributed by atoms with Crippen molar-refractivity contribution >= 4 is 29.6 Å². The average molecular weight is 302 g/mol. The quantitative estimate of drug-likeness (QED) is 0.681. The summed E-state index contributed by atoms with van der Waals surface area (Å²) >= 11 is 5.99. The molecule has 0 fully saturated rings. The zero-order valence-electron chi connectivity index (χ0n) is 11.3. The van der Waals surface area contributed by atoms with E-state index in [1.54, 1.807) is 14.0 Å². The molecule has 0 saturated carbocycles. The molecule has 0 aromatic carbocycles. The summed E-state index contributed by atoms with van der Waals surface area (Å²) in [4.78, 5) is 22.5. The molecule has 0 aliphatic heterocycles. The smallest absolute Gasteiger partial charge is 0.328 e. The second-order valence-electron chi connectivity index (χ2n) is 4.31. The first kappa shape index (κ1) is 16.2. The van der Waals surface area contributed by atoms with Crippen molar-refractivity contribution in [1.29, 1.82) is 0 Å². The summed E-state index contributed by atoms with van der Waals surface area (Å²) in [6.45, 7) is 3.02. The van der Waals surface area contributed by atoms with Gasteiger partial charge in [-0.2, -0.15) is 5.10 Å². The number of carboxylic acids is 1. The van der Waals surface area contributed by atoms with Crippen molar-refractivity contribution in [3.8, 4) is 0 Å². The summed E-state index contributed by atoms with van der Waals surface area (Å²) in [6.07, 6.45) is 1.39. The second-order valence-corrected chi connectivity index (χ2v) is 4.67. The maximum absolute atomic E-state index is 11.6. The van der Waals surface area contributed by atoms with Crippen LogP contribution in [0, 0.1) is 6.92 Å². The second kappa shape index (κ2) is 6.53. The lowest BCUT2D eigenvalue weighted by atomic mass is 10.2. The molecular formula is C12H16ClN3O4. The Morgan fingerprint density at radius 1 is 1.50 bits per heavy atom. The topological polar surface area (TPSA) is 104 Å². The van der Waals surface area contributed by atoms with E-state index < -0.39 is 24.0 Å². The number of nitrogens with one attached hydrogen (secondary N) is 1. The molecule has 1 aromatic rings. The highest BCUT2D eigenvalue weighted by Gasteiger charge is 2.24. The molecule has 0 spiro atoms. The van der Waals surface area contributed by atoms with Gasteiger partial charge in [-0.05, 0) is 19.9 Å². The molecule has 0 aliphatic rings. The van der Waals surface area contributed by atoms with E-state index in [2.05, 4.69) is 10.4 Å². The van der Waals surface area contributed by atoms with Crippen LogP contribution in [0.5, 0.6) is 0 Å². The number of aliphatic hydroxyl groups is 1. The number of aromatic nitrogens is 2. The SMILES string of the molecule is Cc1nn(C)c(Cl)c1/C=C/C(=O)N[C@H](C(=O)O)[C@@H](C)O. The van der Waals surface area contributed by atoms with Crippen molar-refractivity contribution in [3.63, 3.8) is 0 Å². The molecular weight excluding hydrogens is 286 g/mol. The van der Waals surface area contributed by atoms with Crippen LogP contribution in [-0.2, 0) is 16.6 Å². The highest BCUT2D eigenvalue weighted by atomic mass is 35.5. The van der Waals surface area contributed by atoms with Gasteiger partial charge in [0.15, 0.2) is 6.04 Å². The van der Waals surface area contributed by atoms with Gasteiger partial charge in [0.1, 0.15) is 5.15 Å². The van der Waals surface area contributed by atoms with Gasteiger partial charge in [-0.15, -0.1) is 0 Å². The predicted octanol–water partition coefficient (Wildman–Crippen LogP) is 0.345. The Bertz CT molecular complexity index is 551. The number of halogens is 1. The third-order valence-corrected chi connectivity index (χ3v) is 3.09. The largest absolute Gasteiger partial charge is 0.480 e. The average Bonchev–Trinajstić information content (AvgIpc) is 2.57. The van der Waals surface area contributed by atoms with Gasteiger partial charge in [0.05, 0.1) is 11.8 Å². The van der Waals surface area contributed by atoms with Crippen LogP contribution in [0.2, 0.25) is 5.15 Å². The molecule has 7 nitrogen and oxygen atoms in total. The molecule has 8 heteroatoms. The van der Waals surface area contributed by atoms with Gasteiger partial charge in [0.25, 0.3) is 0 Å². The molecule has 0 saturated heterocycles. The molecule has 1 amide bonds. The Labute approximate surface area is 120 Å². The lowest BCUT2D eigenvalue weighted by molar-refractivity contribution is -0.144. The number of amides is 1. The lowest BCUT2D eigenvalue weighted by Crippen LogP contribution is -2.47. The van der Waals surface area contributed by atoms with E-state index in [0.29, 0.717) is 16.4 Å². The number of carbonyl (C=O) groups excluding carboxylic acids is 1. The fourth-order valence-corrected chi connectivity index (χ4v) is 1.82. The Morgan fingerprint density at radius 3 is 2.50 bits per heavy atom. The predicted molar refractivity (Wildman–Crippen MR) is 73.2 cm³/mol. The summed E-state index contributed by atoms with van der Waals surface area (Å²) in [5.41, 5.74) is 1.22. The third-order valence-electron chi connectivity index (χ3n) is 2.64. The molecule has 1 rings (SSSR count). The summed E-state index contributed by atoms with van der Waals surface area (Å²) in [5.74, 6) is -1.95. The first-order valence-corrected chi connectivity index (χ1v) is 6.20. The van der Waals surface area contributed by atoms with Crippen LogP contribution in [0.3, 0.4) is 0 Å². The van der Waals surface area contributed by atoms with E-state index in [4.69, 9.17) is 16.7 Å². The number of aliphatic hydroxyl groups excluding tert-OH is 1. The Kier molecular flexibility index (Phi) is 5.29. The van der Waals surface area contributed by atoms with Gasteiger partial charge in [-0.25, -0.2) is 4.79 Å². The van der Waals surface area contributed by atoms with Crippen LogP contribution in [0.4, 0.5) is 0 Å². The minimum absolute atomic E-state index is 0.372. The molecule has 1 heterocycles. The number of carbonyl (C=O) groups is 2. The van der Waals surface area contributed by atoms with E-state index in [-0.39, 0.29) is 0 Å². The number of carboxylic acid groups (broad SMARTS) is 1. The molecule has 1 aromatic heterocycles. The van der Waals surface area contributed by atoms with Crippen LogP contribution < -0.4 is 5.32 Å². The minimum Gasteiger partial charge on any atom is -0.480 e. The van der Waals surface area contributed by atoms with Crippen molar-refractivity contribution in [2.45, 2.75) is 26.0 Å². The van der Waals surface area contributed by atoms with Crippen LogP contribution in [0.15, 0.2) is 6.08 Å². The molecule has 0 radical (unpaired) electrons.